The fraction of sp³-hybridized carbons (Fsp3) is 0.412. The molecule has 134 valence electrons. The predicted molar refractivity (Wildman–Crippen MR) is 96.9 cm³/mol. The maximum atomic E-state index is 12.7. The zero-order valence-electron chi connectivity index (χ0n) is 14.3. The minimum atomic E-state index is -3.44. The highest BCUT2D eigenvalue weighted by atomic mass is 32.2. The fourth-order valence-electron chi connectivity index (χ4n) is 2.95. The molecule has 0 aliphatic carbocycles. The second kappa shape index (κ2) is 7.47. The van der Waals surface area contributed by atoms with Crippen LogP contribution in [-0.4, -0.2) is 55.4 Å². The topological polar surface area (TPSA) is 92.4 Å². The molecule has 3 rings (SSSR count). The van der Waals surface area contributed by atoms with Crippen LogP contribution in [-0.2, 0) is 16.4 Å². The fourth-order valence-corrected chi connectivity index (χ4v) is 4.39. The van der Waals surface area contributed by atoms with Gasteiger partial charge in [-0.1, -0.05) is 18.2 Å². The summed E-state index contributed by atoms with van der Waals surface area (Å²) in [5.74, 6) is 1.55. The van der Waals surface area contributed by atoms with Crippen LogP contribution in [0.5, 0.6) is 0 Å². The molecule has 1 aromatic carbocycles. The lowest BCUT2D eigenvalue weighted by Crippen LogP contribution is -2.49. The molecule has 2 N–H and O–H groups in total. The van der Waals surface area contributed by atoms with Crippen LogP contribution in [0.1, 0.15) is 11.5 Å². The molecule has 0 amide bonds. The van der Waals surface area contributed by atoms with Gasteiger partial charge >= 0.3 is 0 Å². The van der Waals surface area contributed by atoms with Gasteiger partial charge in [0.05, 0.1) is 4.90 Å². The van der Waals surface area contributed by atoms with Crippen molar-refractivity contribution in [3.8, 4) is 0 Å². The van der Waals surface area contributed by atoms with E-state index in [1.54, 1.807) is 24.3 Å². The van der Waals surface area contributed by atoms with Crippen molar-refractivity contribution in [2.24, 2.45) is 5.73 Å². The van der Waals surface area contributed by atoms with Gasteiger partial charge in [0, 0.05) is 44.4 Å². The van der Waals surface area contributed by atoms with Gasteiger partial charge in [-0.25, -0.2) is 18.4 Å². The third-order valence-electron chi connectivity index (χ3n) is 4.22. The summed E-state index contributed by atoms with van der Waals surface area (Å²) in [5.41, 5.74) is 6.53. The molecular formula is C17H23N5O2S. The number of rotatable bonds is 5. The van der Waals surface area contributed by atoms with Crippen molar-refractivity contribution in [2.75, 3.05) is 37.6 Å². The molecule has 25 heavy (non-hydrogen) atoms. The summed E-state index contributed by atoms with van der Waals surface area (Å²) in [7, 11) is -3.44. The highest BCUT2D eigenvalue weighted by molar-refractivity contribution is 7.89. The number of piperazine rings is 1. The lowest BCUT2D eigenvalue weighted by molar-refractivity contribution is 0.383. The lowest BCUT2D eigenvalue weighted by Gasteiger charge is -2.34. The number of aryl methyl sites for hydroxylation is 1. The van der Waals surface area contributed by atoms with Gasteiger partial charge in [0.2, 0.25) is 10.0 Å². The van der Waals surface area contributed by atoms with Crippen LogP contribution >= 0.6 is 0 Å². The second-order valence-electron chi connectivity index (χ2n) is 6.01. The summed E-state index contributed by atoms with van der Waals surface area (Å²) in [6.07, 6.45) is 0.707. The molecule has 1 aliphatic heterocycles. The summed E-state index contributed by atoms with van der Waals surface area (Å²) in [5, 5.41) is 0. The Bertz CT molecular complexity index is 818. The molecule has 2 heterocycles. The average molecular weight is 361 g/mol. The Morgan fingerprint density at radius 3 is 2.40 bits per heavy atom. The summed E-state index contributed by atoms with van der Waals surface area (Å²) in [4.78, 5) is 11.3. The molecule has 0 atom stereocenters. The molecule has 0 spiro atoms. The van der Waals surface area contributed by atoms with Gasteiger partial charge in [-0.15, -0.1) is 0 Å². The van der Waals surface area contributed by atoms with Crippen LogP contribution < -0.4 is 10.6 Å². The van der Waals surface area contributed by atoms with Gasteiger partial charge in [-0.05, 0) is 25.6 Å². The Labute approximate surface area is 148 Å². The third kappa shape index (κ3) is 3.97. The molecule has 0 bridgehead atoms. The molecule has 0 radical (unpaired) electrons. The van der Waals surface area contributed by atoms with E-state index in [2.05, 4.69) is 14.9 Å². The van der Waals surface area contributed by atoms with E-state index in [4.69, 9.17) is 5.73 Å². The van der Waals surface area contributed by atoms with Crippen molar-refractivity contribution in [3.63, 3.8) is 0 Å². The Hall–Kier alpha value is -2.03. The van der Waals surface area contributed by atoms with Crippen molar-refractivity contribution in [1.29, 1.82) is 0 Å². The summed E-state index contributed by atoms with van der Waals surface area (Å²) in [6, 6.07) is 10.5. The van der Waals surface area contributed by atoms with Gasteiger partial charge in [-0.3, -0.25) is 0 Å². The van der Waals surface area contributed by atoms with E-state index in [-0.39, 0.29) is 0 Å². The van der Waals surface area contributed by atoms with Crippen LogP contribution in [0, 0.1) is 6.92 Å². The number of nitrogens with two attached hydrogens (primary N) is 1. The Morgan fingerprint density at radius 2 is 1.76 bits per heavy atom. The first-order chi connectivity index (χ1) is 12.0. The molecule has 7 nitrogen and oxygen atoms in total. The Kier molecular flexibility index (Phi) is 5.31. The smallest absolute Gasteiger partial charge is 0.243 e. The van der Waals surface area contributed by atoms with Crippen LogP contribution in [0.25, 0.3) is 0 Å². The molecule has 2 aromatic rings. The molecular weight excluding hydrogens is 338 g/mol. The number of nitrogens with zero attached hydrogens (tertiary/aromatic N) is 4. The van der Waals surface area contributed by atoms with E-state index in [0.717, 1.165) is 11.5 Å². The van der Waals surface area contributed by atoms with Gasteiger partial charge in [0.15, 0.2) is 0 Å². The maximum absolute atomic E-state index is 12.7. The zero-order chi connectivity index (χ0) is 17.9. The first kappa shape index (κ1) is 17.8. The highest BCUT2D eigenvalue weighted by Gasteiger charge is 2.28. The normalized spacial score (nSPS) is 16.2. The van der Waals surface area contributed by atoms with Crippen LogP contribution in [0.4, 0.5) is 5.82 Å². The van der Waals surface area contributed by atoms with Crippen molar-refractivity contribution < 1.29 is 8.42 Å². The molecule has 1 aliphatic rings. The number of sulfonamides is 1. The Balaban J connectivity index is 1.72. The molecule has 1 fully saturated rings. The summed E-state index contributed by atoms with van der Waals surface area (Å²) >= 11 is 0. The van der Waals surface area contributed by atoms with Crippen LogP contribution in [0.2, 0.25) is 0 Å². The van der Waals surface area contributed by atoms with Crippen molar-refractivity contribution >= 4 is 15.8 Å². The predicted octanol–water partition coefficient (Wildman–Crippen LogP) is 0.797. The SMILES string of the molecule is Cc1nc(CCN)cc(N2CCN(S(=O)(=O)c3ccccc3)CC2)n1. The van der Waals surface area contributed by atoms with Gasteiger partial charge in [-0.2, -0.15) is 4.31 Å². The average Bonchev–Trinajstić information content (AvgIpc) is 2.62. The Morgan fingerprint density at radius 1 is 1.08 bits per heavy atom. The summed E-state index contributed by atoms with van der Waals surface area (Å²) < 4.78 is 26.9. The molecule has 1 aromatic heterocycles. The number of hydrogen-bond acceptors (Lipinski definition) is 6. The van der Waals surface area contributed by atoms with Crippen molar-refractivity contribution in [1.82, 2.24) is 14.3 Å². The van der Waals surface area contributed by atoms with E-state index >= 15 is 0 Å². The number of benzene rings is 1. The minimum absolute atomic E-state index is 0.339. The standard InChI is InChI=1S/C17H23N5O2S/c1-14-19-15(7-8-18)13-17(20-14)21-9-11-22(12-10-21)25(23,24)16-5-3-2-4-6-16/h2-6,13H,7-12,18H2,1H3. The van der Waals surface area contributed by atoms with E-state index in [1.807, 2.05) is 19.1 Å². The van der Waals surface area contributed by atoms with Gasteiger partial charge in [0.25, 0.3) is 0 Å². The third-order valence-corrected chi connectivity index (χ3v) is 6.13. The second-order valence-corrected chi connectivity index (χ2v) is 7.95. The number of hydrogen-bond donors (Lipinski definition) is 1. The molecule has 0 unspecified atom stereocenters. The first-order valence-electron chi connectivity index (χ1n) is 8.35. The van der Waals surface area contributed by atoms with Crippen molar-refractivity contribution in [2.45, 2.75) is 18.2 Å². The summed E-state index contributed by atoms with van der Waals surface area (Å²) in [6.45, 7) is 4.48. The zero-order valence-corrected chi connectivity index (χ0v) is 15.1. The maximum Gasteiger partial charge on any atom is 0.243 e. The molecule has 8 heteroatoms. The van der Waals surface area contributed by atoms with E-state index in [9.17, 15) is 8.42 Å². The van der Waals surface area contributed by atoms with Gasteiger partial charge in [0.1, 0.15) is 11.6 Å². The molecule has 1 saturated heterocycles. The molecule has 0 saturated carbocycles. The van der Waals surface area contributed by atoms with Crippen LogP contribution in [0.15, 0.2) is 41.3 Å². The number of anilines is 1. The first-order valence-corrected chi connectivity index (χ1v) is 9.79. The van der Waals surface area contributed by atoms with E-state index < -0.39 is 10.0 Å². The van der Waals surface area contributed by atoms with Crippen LogP contribution in [0.3, 0.4) is 0 Å². The lowest BCUT2D eigenvalue weighted by atomic mass is 10.2. The van der Waals surface area contributed by atoms with Gasteiger partial charge < -0.3 is 10.6 Å². The minimum Gasteiger partial charge on any atom is -0.354 e. The monoisotopic (exact) mass is 361 g/mol. The van der Waals surface area contributed by atoms with E-state index in [0.29, 0.717) is 49.9 Å². The number of aromatic nitrogens is 2. The highest BCUT2D eigenvalue weighted by Crippen LogP contribution is 2.20. The quantitative estimate of drug-likeness (QED) is 0.847. The van der Waals surface area contributed by atoms with E-state index in [1.165, 1.54) is 4.31 Å². The van der Waals surface area contributed by atoms with Crippen molar-refractivity contribution in [3.05, 3.63) is 47.9 Å². The largest absolute Gasteiger partial charge is 0.354 e.